The minimum atomic E-state index is -1.01. The first-order chi connectivity index (χ1) is 13.5. The lowest BCUT2D eigenvalue weighted by molar-refractivity contribution is -0.149. The Balaban J connectivity index is 2.13. The summed E-state index contributed by atoms with van der Waals surface area (Å²) in [5.74, 6) is -1.03. The van der Waals surface area contributed by atoms with E-state index in [2.05, 4.69) is 4.98 Å². The van der Waals surface area contributed by atoms with Crippen molar-refractivity contribution in [3.05, 3.63) is 53.4 Å². The summed E-state index contributed by atoms with van der Waals surface area (Å²) < 4.78 is 26.6. The number of benzene rings is 1. The molecule has 2 heterocycles. The molecular weight excluding hydrogens is 366 g/mol. The molecule has 2 atom stereocenters. The first kappa shape index (κ1) is 19.3. The molecule has 1 aliphatic heterocycles. The third kappa shape index (κ3) is 3.28. The van der Waals surface area contributed by atoms with Crippen molar-refractivity contribution in [3.8, 4) is 11.5 Å². The van der Waals surface area contributed by atoms with Crippen molar-refractivity contribution in [2.75, 3.05) is 28.4 Å². The lowest BCUT2D eigenvalue weighted by atomic mass is 9.90. The molecule has 3 rings (SSSR count). The Morgan fingerprint density at radius 2 is 1.75 bits per heavy atom. The number of methoxy groups -OCH3 is 4. The normalized spacial score (nSPS) is 18.4. The first-order valence-corrected chi connectivity index (χ1v) is 8.48. The zero-order valence-electron chi connectivity index (χ0n) is 16.0. The van der Waals surface area contributed by atoms with Gasteiger partial charge in [-0.05, 0) is 29.8 Å². The molecule has 0 amide bonds. The van der Waals surface area contributed by atoms with Crippen LogP contribution in [0, 0.1) is 5.92 Å². The summed E-state index contributed by atoms with van der Waals surface area (Å²) in [5, 5.41) is 0. The number of ether oxygens (including phenoxy) is 5. The van der Waals surface area contributed by atoms with Gasteiger partial charge in [0.15, 0.2) is 17.3 Å². The largest absolute Gasteiger partial charge is 0.493 e. The van der Waals surface area contributed by atoms with Crippen LogP contribution in [-0.4, -0.2) is 45.4 Å². The number of carbonyl (C=O) groups is 2. The Morgan fingerprint density at radius 1 is 1.00 bits per heavy atom. The minimum absolute atomic E-state index is 0.0941. The maximum Gasteiger partial charge on any atom is 0.338 e. The van der Waals surface area contributed by atoms with E-state index in [4.69, 9.17) is 23.7 Å². The molecule has 148 valence electrons. The fourth-order valence-electron chi connectivity index (χ4n) is 3.22. The second-order valence-corrected chi connectivity index (χ2v) is 5.97. The van der Waals surface area contributed by atoms with E-state index in [1.807, 2.05) is 0 Å². The summed E-state index contributed by atoms with van der Waals surface area (Å²) in [6, 6.07) is 8.65. The van der Waals surface area contributed by atoms with Crippen molar-refractivity contribution in [1.82, 2.24) is 4.98 Å². The van der Waals surface area contributed by atoms with Gasteiger partial charge in [0.1, 0.15) is 12.0 Å². The second-order valence-electron chi connectivity index (χ2n) is 5.97. The fourth-order valence-corrected chi connectivity index (χ4v) is 3.22. The summed E-state index contributed by atoms with van der Waals surface area (Å²) in [6.45, 7) is 0. The van der Waals surface area contributed by atoms with E-state index < -0.39 is 24.0 Å². The van der Waals surface area contributed by atoms with E-state index in [0.29, 0.717) is 22.8 Å². The highest BCUT2D eigenvalue weighted by atomic mass is 16.5. The molecule has 8 nitrogen and oxygen atoms in total. The van der Waals surface area contributed by atoms with Crippen molar-refractivity contribution in [2.45, 2.75) is 6.10 Å². The average Bonchev–Trinajstić information content (AvgIpc) is 3.39. The number of esters is 2. The lowest BCUT2D eigenvalue weighted by Gasteiger charge is -2.20. The molecule has 0 aliphatic carbocycles. The Labute approximate surface area is 162 Å². The van der Waals surface area contributed by atoms with E-state index in [1.165, 1.54) is 28.4 Å². The number of aromatic amines is 1. The van der Waals surface area contributed by atoms with Gasteiger partial charge in [-0.3, -0.25) is 4.79 Å². The van der Waals surface area contributed by atoms with Crippen LogP contribution in [0.5, 0.6) is 11.5 Å². The molecule has 2 aromatic rings. The van der Waals surface area contributed by atoms with E-state index >= 15 is 0 Å². The quantitative estimate of drug-likeness (QED) is 0.761. The van der Waals surface area contributed by atoms with Crippen LogP contribution in [0.3, 0.4) is 0 Å². The number of hydrogen-bond acceptors (Lipinski definition) is 7. The predicted octanol–water partition coefficient (Wildman–Crippen LogP) is 2.48. The van der Waals surface area contributed by atoms with E-state index in [-0.39, 0.29) is 11.3 Å². The van der Waals surface area contributed by atoms with Crippen LogP contribution < -0.4 is 9.47 Å². The zero-order valence-corrected chi connectivity index (χ0v) is 16.0. The van der Waals surface area contributed by atoms with E-state index in [9.17, 15) is 9.59 Å². The van der Waals surface area contributed by atoms with Gasteiger partial charge in [0.25, 0.3) is 0 Å². The number of nitrogens with one attached hydrogen (secondary N) is 1. The van der Waals surface area contributed by atoms with Crippen molar-refractivity contribution in [3.63, 3.8) is 0 Å². The van der Waals surface area contributed by atoms with Crippen molar-refractivity contribution < 1.29 is 33.3 Å². The van der Waals surface area contributed by atoms with Crippen LogP contribution in [0.2, 0.25) is 0 Å². The summed E-state index contributed by atoms with van der Waals surface area (Å²) in [4.78, 5) is 28.1. The molecule has 1 aromatic heterocycles. The molecule has 0 spiro atoms. The van der Waals surface area contributed by atoms with Gasteiger partial charge < -0.3 is 28.7 Å². The topological polar surface area (TPSA) is 96.1 Å². The van der Waals surface area contributed by atoms with Crippen LogP contribution in [-0.2, 0) is 23.8 Å². The SMILES string of the molecule is COC(=O)C1=C(c2ccc[nH]2)O[C@@H](c2ccc(OC)c(OC)c2)[C@@H]1C(=O)OC. The van der Waals surface area contributed by atoms with Gasteiger partial charge in [-0.25, -0.2) is 4.79 Å². The van der Waals surface area contributed by atoms with Crippen molar-refractivity contribution in [1.29, 1.82) is 0 Å². The minimum Gasteiger partial charge on any atom is -0.493 e. The Morgan fingerprint density at radius 3 is 2.32 bits per heavy atom. The molecule has 0 saturated carbocycles. The van der Waals surface area contributed by atoms with E-state index in [1.54, 1.807) is 36.5 Å². The Hall–Kier alpha value is -3.42. The van der Waals surface area contributed by atoms with Gasteiger partial charge in [-0.2, -0.15) is 0 Å². The summed E-state index contributed by atoms with van der Waals surface area (Å²) >= 11 is 0. The maximum absolute atomic E-state index is 12.6. The maximum atomic E-state index is 12.6. The van der Waals surface area contributed by atoms with Gasteiger partial charge in [-0.15, -0.1) is 0 Å². The van der Waals surface area contributed by atoms with Gasteiger partial charge >= 0.3 is 11.9 Å². The number of aromatic nitrogens is 1. The predicted molar refractivity (Wildman–Crippen MR) is 98.6 cm³/mol. The van der Waals surface area contributed by atoms with Crippen molar-refractivity contribution in [2.24, 2.45) is 5.92 Å². The van der Waals surface area contributed by atoms with Crippen LogP contribution in [0.25, 0.3) is 5.76 Å². The molecule has 1 aliphatic rings. The molecule has 0 saturated heterocycles. The molecule has 1 N–H and O–H groups in total. The monoisotopic (exact) mass is 387 g/mol. The molecule has 1 aromatic carbocycles. The molecule has 0 radical (unpaired) electrons. The average molecular weight is 387 g/mol. The van der Waals surface area contributed by atoms with Gasteiger partial charge in [-0.1, -0.05) is 6.07 Å². The first-order valence-electron chi connectivity index (χ1n) is 8.48. The van der Waals surface area contributed by atoms with Gasteiger partial charge in [0.05, 0.1) is 39.7 Å². The number of carbonyl (C=O) groups excluding carboxylic acids is 2. The Kier molecular flexibility index (Phi) is 5.58. The number of H-pyrrole nitrogens is 1. The summed E-state index contributed by atoms with van der Waals surface area (Å²) in [7, 11) is 5.55. The summed E-state index contributed by atoms with van der Waals surface area (Å²) in [5.41, 5.74) is 1.27. The molecule has 8 heteroatoms. The van der Waals surface area contributed by atoms with Crippen LogP contribution >= 0.6 is 0 Å². The van der Waals surface area contributed by atoms with Gasteiger partial charge in [0.2, 0.25) is 0 Å². The molecule has 28 heavy (non-hydrogen) atoms. The van der Waals surface area contributed by atoms with E-state index in [0.717, 1.165) is 0 Å². The van der Waals surface area contributed by atoms with Gasteiger partial charge in [0, 0.05) is 6.20 Å². The number of hydrogen-bond donors (Lipinski definition) is 1. The molecular formula is C20H21NO7. The smallest absolute Gasteiger partial charge is 0.338 e. The Bertz CT molecular complexity index is 901. The highest BCUT2D eigenvalue weighted by molar-refractivity contribution is 6.03. The van der Waals surface area contributed by atoms with Crippen LogP contribution in [0.1, 0.15) is 17.4 Å². The van der Waals surface area contributed by atoms with Crippen LogP contribution in [0.15, 0.2) is 42.1 Å². The zero-order chi connectivity index (χ0) is 20.3. The highest BCUT2D eigenvalue weighted by Crippen LogP contribution is 2.47. The second kappa shape index (κ2) is 8.08. The summed E-state index contributed by atoms with van der Waals surface area (Å²) in [6.07, 6.45) is 0.886. The molecule has 0 fully saturated rings. The molecule has 0 bridgehead atoms. The number of rotatable bonds is 6. The fraction of sp³-hybridized carbons (Fsp3) is 0.300. The standard InChI is InChI=1S/C20H21NO7/c1-24-13-8-7-11(10-14(13)25-2)17-15(19(22)26-3)16(20(23)27-4)18(28-17)12-6-5-9-21-12/h5-10,15,17,21H,1-4H3/t15-,17+/m1/s1. The highest BCUT2D eigenvalue weighted by Gasteiger charge is 2.47. The molecule has 0 unspecified atom stereocenters. The van der Waals surface area contributed by atoms with Crippen LogP contribution in [0.4, 0.5) is 0 Å². The third-order valence-corrected chi connectivity index (χ3v) is 4.54. The lowest BCUT2D eigenvalue weighted by Crippen LogP contribution is -2.26. The third-order valence-electron chi connectivity index (χ3n) is 4.54. The van der Waals surface area contributed by atoms with Crippen molar-refractivity contribution >= 4 is 17.7 Å².